The minimum atomic E-state index is -3.68. The monoisotopic (exact) mass is 382 g/mol. The molecule has 3 rings (SSSR count). The number of nitrogens with zero attached hydrogens (tertiary/aromatic N) is 2. The lowest BCUT2D eigenvalue weighted by Crippen LogP contribution is -2.16. The van der Waals surface area contributed by atoms with Crippen LogP contribution in [0.15, 0.2) is 59.7 Å². The molecule has 0 saturated carbocycles. The van der Waals surface area contributed by atoms with Crippen LogP contribution in [-0.4, -0.2) is 30.9 Å². The third-order valence-corrected chi connectivity index (χ3v) is 5.26. The molecule has 26 heavy (non-hydrogen) atoms. The summed E-state index contributed by atoms with van der Waals surface area (Å²) in [7, 11) is -3.37. The molecule has 1 heterocycles. The van der Waals surface area contributed by atoms with Gasteiger partial charge < -0.3 is 4.57 Å². The standard InChI is InChI=1S/C18H17F3N2O2S/c1-26(24,25)15-9-7-14(8-10-15)23-11-16(18(20,21)12-19)22-17(23)13-5-3-2-4-6-13/h2-5,7-11,13H,6,12H2,1H3. The Balaban J connectivity index is 2.09. The quantitative estimate of drug-likeness (QED) is 0.787. The number of halogens is 3. The second kappa shape index (κ2) is 6.75. The van der Waals surface area contributed by atoms with Crippen LogP contribution in [0.1, 0.15) is 23.9 Å². The molecule has 0 aliphatic heterocycles. The van der Waals surface area contributed by atoms with Gasteiger partial charge in [-0.1, -0.05) is 24.3 Å². The van der Waals surface area contributed by atoms with Crippen molar-refractivity contribution in [2.45, 2.75) is 23.2 Å². The maximum atomic E-state index is 13.8. The molecule has 1 atom stereocenters. The van der Waals surface area contributed by atoms with Gasteiger partial charge in [-0.05, 0) is 30.7 Å². The molecule has 1 aromatic carbocycles. The molecule has 1 aliphatic rings. The van der Waals surface area contributed by atoms with Gasteiger partial charge in [-0.3, -0.25) is 0 Å². The van der Waals surface area contributed by atoms with Crippen LogP contribution in [0.5, 0.6) is 0 Å². The smallest absolute Gasteiger partial charge is 0.303 e. The average Bonchev–Trinajstić information content (AvgIpc) is 3.08. The predicted molar refractivity (Wildman–Crippen MR) is 92.2 cm³/mol. The van der Waals surface area contributed by atoms with Gasteiger partial charge >= 0.3 is 5.92 Å². The van der Waals surface area contributed by atoms with E-state index >= 15 is 0 Å². The Kier molecular flexibility index (Phi) is 4.79. The molecule has 138 valence electrons. The van der Waals surface area contributed by atoms with Gasteiger partial charge in [-0.2, -0.15) is 8.78 Å². The van der Waals surface area contributed by atoms with Gasteiger partial charge in [-0.25, -0.2) is 17.8 Å². The molecule has 0 N–H and O–H groups in total. The van der Waals surface area contributed by atoms with Crippen molar-refractivity contribution in [3.63, 3.8) is 0 Å². The molecule has 0 radical (unpaired) electrons. The summed E-state index contributed by atoms with van der Waals surface area (Å²) in [6, 6.07) is 5.83. The van der Waals surface area contributed by atoms with E-state index in [1.165, 1.54) is 28.8 Å². The number of hydrogen-bond donors (Lipinski definition) is 0. The maximum absolute atomic E-state index is 13.8. The molecule has 0 fully saturated rings. The molecule has 0 saturated heterocycles. The molecule has 1 aliphatic carbocycles. The van der Waals surface area contributed by atoms with E-state index in [1.807, 2.05) is 18.2 Å². The Hall–Kier alpha value is -2.35. The van der Waals surface area contributed by atoms with E-state index in [2.05, 4.69) is 4.98 Å². The summed E-state index contributed by atoms with van der Waals surface area (Å²) in [4.78, 5) is 4.12. The van der Waals surface area contributed by atoms with E-state index in [0.29, 0.717) is 17.9 Å². The second-order valence-electron chi connectivity index (χ2n) is 6.11. The van der Waals surface area contributed by atoms with Crippen molar-refractivity contribution in [1.82, 2.24) is 9.55 Å². The second-order valence-corrected chi connectivity index (χ2v) is 8.13. The van der Waals surface area contributed by atoms with Gasteiger partial charge in [0.1, 0.15) is 11.5 Å². The summed E-state index contributed by atoms with van der Waals surface area (Å²) < 4.78 is 65.0. The van der Waals surface area contributed by atoms with Crippen LogP contribution in [0.3, 0.4) is 0 Å². The summed E-state index contributed by atoms with van der Waals surface area (Å²) in [6.45, 7) is -1.84. The van der Waals surface area contributed by atoms with Crippen molar-refractivity contribution >= 4 is 9.84 Å². The number of imidazole rings is 1. The zero-order valence-electron chi connectivity index (χ0n) is 13.9. The number of aromatic nitrogens is 2. The summed E-state index contributed by atoms with van der Waals surface area (Å²) >= 11 is 0. The van der Waals surface area contributed by atoms with E-state index < -0.39 is 28.1 Å². The lowest BCUT2D eigenvalue weighted by Gasteiger charge is -2.15. The van der Waals surface area contributed by atoms with Crippen LogP contribution in [-0.2, 0) is 15.8 Å². The minimum Gasteiger partial charge on any atom is -0.303 e. The van der Waals surface area contributed by atoms with E-state index in [4.69, 9.17) is 0 Å². The first-order chi connectivity index (χ1) is 12.2. The average molecular weight is 382 g/mol. The third-order valence-electron chi connectivity index (χ3n) is 4.13. The lowest BCUT2D eigenvalue weighted by atomic mass is 10.00. The Bertz CT molecular complexity index is 961. The van der Waals surface area contributed by atoms with Crippen LogP contribution in [0.4, 0.5) is 13.2 Å². The topological polar surface area (TPSA) is 52.0 Å². The summed E-state index contributed by atoms with van der Waals surface area (Å²) in [6.07, 6.45) is 10.1. The van der Waals surface area contributed by atoms with Gasteiger partial charge in [0.2, 0.25) is 0 Å². The van der Waals surface area contributed by atoms with Gasteiger partial charge in [0.15, 0.2) is 16.5 Å². The van der Waals surface area contributed by atoms with E-state index in [9.17, 15) is 21.6 Å². The molecular weight excluding hydrogens is 365 g/mol. The lowest BCUT2D eigenvalue weighted by molar-refractivity contribution is -0.0319. The molecule has 2 aromatic rings. The third kappa shape index (κ3) is 3.60. The normalized spacial score (nSPS) is 17.6. The summed E-state index contributed by atoms with van der Waals surface area (Å²) in [5, 5.41) is 0. The first-order valence-electron chi connectivity index (χ1n) is 7.90. The van der Waals surface area contributed by atoms with Crippen molar-refractivity contribution in [2.24, 2.45) is 0 Å². The van der Waals surface area contributed by atoms with Crippen LogP contribution in [0.25, 0.3) is 5.69 Å². The Labute approximate surface area is 149 Å². The summed E-state index contributed by atoms with van der Waals surface area (Å²) in [5.41, 5.74) is -0.172. The van der Waals surface area contributed by atoms with E-state index in [1.54, 1.807) is 6.08 Å². The Morgan fingerprint density at radius 3 is 2.46 bits per heavy atom. The van der Waals surface area contributed by atoms with E-state index in [-0.39, 0.29) is 10.8 Å². The van der Waals surface area contributed by atoms with Crippen molar-refractivity contribution in [3.05, 3.63) is 66.3 Å². The zero-order valence-corrected chi connectivity index (χ0v) is 14.8. The van der Waals surface area contributed by atoms with Crippen molar-refractivity contribution in [2.75, 3.05) is 12.9 Å². The van der Waals surface area contributed by atoms with Crippen LogP contribution >= 0.6 is 0 Å². The van der Waals surface area contributed by atoms with Gasteiger partial charge in [0, 0.05) is 24.1 Å². The van der Waals surface area contributed by atoms with Crippen LogP contribution in [0.2, 0.25) is 0 Å². The van der Waals surface area contributed by atoms with Crippen molar-refractivity contribution in [3.8, 4) is 5.69 Å². The SMILES string of the molecule is CS(=O)(=O)c1ccc(-n2cc(C(F)(F)CF)nc2C2C=CC=CC2)cc1. The molecule has 0 amide bonds. The molecule has 0 bridgehead atoms. The van der Waals surface area contributed by atoms with Gasteiger partial charge in [-0.15, -0.1) is 0 Å². The van der Waals surface area contributed by atoms with Crippen molar-refractivity contribution < 1.29 is 21.6 Å². The number of rotatable bonds is 5. The van der Waals surface area contributed by atoms with Crippen LogP contribution in [0, 0.1) is 0 Å². The molecule has 1 aromatic heterocycles. The molecular formula is C18H17F3N2O2S. The van der Waals surface area contributed by atoms with Gasteiger partial charge in [0.25, 0.3) is 0 Å². The molecule has 8 heteroatoms. The zero-order chi connectivity index (χ0) is 18.9. The summed E-state index contributed by atoms with van der Waals surface area (Å²) in [5.74, 6) is -3.57. The first kappa shape index (κ1) is 18.4. The molecule has 0 spiro atoms. The first-order valence-corrected chi connectivity index (χ1v) is 9.79. The fraction of sp³-hybridized carbons (Fsp3) is 0.278. The predicted octanol–water partition coefficient (Wildman–Crippen LogP) is 3.94. The Morgan fingerprint density at radius 1 is 1.23 bits per heavy atom. The number of alkyl halides is 3. The van der Waals surface area contributed by atoms with Crippen LogP contribution < -0.4 is 0 Å². The van der Waals surface area contributed by atoms with E-state index in [0.717, 1.165) is 12.5 Å². The Morgan fingerprint density at radius 2 is 1.92 bits per heavy atom. The highest BCUT2D eigenvalue weighted by atomic mass is 32.2. The highest BCUT2D eigenvalue weighted by Crippen LogP contribution is 2.33. The van der Waals surface area contributed by atoms with Crippen molar-refractivity contribution in [1.29, 1.82) is 0 Å². The number of sulfone groups is 1. The number of benzene rings is 1. The number of allylic oxidation sites excluding steroid dienone is 4. The maximum Gasteiger partial charge on any atom is 0.318 e. The highest BCUT2D eigenvalue weighted by molar-refractivity contribution is 7.90. The largest absolute Gasteiger partial charge is 0.318 e. The minimum absolute atomic E-state index is 0.123. The fourth-order valence-electron chi connectivity index (χ4n) is 2.73. The number of hydrogen-bond acceptors (Lipinski definition) is 3. The fourth-order valence-corrected chi connectivity index (χ4v) is 3.36. The molecule has 4 nitrogen and oxygen atoms in total. The van der Waals surface area contributed by atoms with Gasteiger partial charge in [0.05, 0.1) is 4.90 Å². The molecule has 1 unspecified atom stereocenters. The highest BCUT2D eigenvalue weighted by Gasteiger charge is 2.36.